The van der Waals surface area contributed by atoms with Crippen molar-refractivity contribution in [3.63, 3.8) is 0 Å². The lowest BCUT2D eigenvalue weighted by molar-refractivity contribution is 0.657. The number of halogens is 2. The van der Waals surface area contributed by atoms with Gasteiger partial charge in [-0.15, -0.1) is 10.2 Å². The molecule has 8 heteroatoms. The molecule has 0 N–H and O–H groups in total. The zero-order valence-electron chi connectivity index (χ0n) is 9.18. The van der Waals surface area contributed by atoms with Gasteiger partial charge in [-0.2, -0.15) is 0 Å². The molecular formula is C9H9ClIN5O. The Balaban J connectivity index is 2.41. The molecule has 0 unspecified atom stereocenters. The minimum atomic E-state index is -0.175. The fraction of sp³-hybridized carbons (Fsp3) is 0.333. The van der Waals surface area contributed by atoms with Gasteiger partial charge in [-0.3, -0.25) is 9.36 Å². The lowest BCUT2D eigenvalue weighted by Gasteiger charge is -2.05. The first-order valence-corrected chi connectivity index (χ1v) is 6.21. The van der Waals surface area contributed by atoms with Gasteiger partial charge < -0.3 is 4.57 Å². The average Bonchev–Trinajstić information content (AvgIpc) is 2.62. The molecule has 2 aromatic rings. The van der Waals surface area contributed by atoms with Gasteiger partial charge >= 0.3 is 0 Å². The molecule has 0 saturated heterocycles. The van der Waals surface area contributed by atoms with Crippen LogP contribution in [0.3, 0.4) is 0 Å². The second-order valence-electron chi connectivity index (χ2n) is 3.50. The third kappa shape index (κ3) is 2.34. The number of rotatable bonds is 2. The van der Waals surface area contributed by atoms with E-state index in [1.807, 2.05) is 41.1 Å². The Morgan fingerprint density at radius 2 is 2.18 bits per heavy atom. The molecule has 6 nitrogen and oxygen atoms in total. The van der Waals surface area contributed by atoms with Crippen LogP contribution in [0.1, 0.15) is 11.6 Å². The maximum absolute atomic E-state index is 11.9. The predicted octanol–water partition coefficient (Wildman–Crippen LogP) is 0.987. The fourth-order valence-corrected chi connectivity index (χ4v) is 1.87. The van der Waals surface area contributed by atoms with Gasteiger partial charge in [0.05, 0.1) is 12.9 Å². The normalized spacial score (nSPS) is 10.8. The second-order valence-corrected chi connectivity index (χ2v) is 4.94. The monoisotopic (exact) mass is 365 g/mol. The van der Waals surface area contributed by atoms with Gasteiger partial charge in [-0.25, -0.2) is 4.98 Å². The third-order valence-corrected chi connectivity index (χ3v) is 4.01. The van der Waals surface area contributed by atoms with Gasteiger partial charge in [0.1, 0.15) is 14.5 Å². The van der Waals surface area contributed by atoms with Crippen molar-refractivity contribution in [3.05, 3.63) is 37.1 Å². The summed E-state index contributed by atoms with van der Waals surface area (Å²) in [5.74, 6) is 1.49. The Hall–Kier alpha value is -0.960. The Morgan fingerprint density at radius 1 is 1.47 bits per heavy atom. The van der Waals surface area contributed by atoms with Crippen molar-refractivity contribution in [2.45, 2.75) is 13.5 Å². The highest BCUT2D eigenvalue weighted by Crippen LogP contribution is 2.10. The van der Waals surface area contributed by atoms with E-state index in [-0.39, 0.29) is 10.7 Å². The van der Waals surface area contributed by atoms with E-state index in [0.29, 0.717) is 15.9 Å². The molecule has 0 aliphatic carbocycles. The first kappa shape index (κ1) is 12.5. The largest absolute Gasteiger partial charge is 0.317 e. The van der Waals surface area contributed by atoms with Crippen LogP contribution in [0.2, 0.25) is 5.15 Å². The molecule has 0 aliphatic heterocycles. The van der Waals surface area contributed by atoms with Crippen LogP contribution in [0, 0.1) is 10.5 Å². The summed E-state index contributed by atoms with van der Waals surface area (Å²) >= 11 is 7.64. The van der Waals surface area contributed by atoms with Crippen molar-refractivity contribution in [1.29, 1.82) is 0 Å². The van der Waals surface area contributed by atoms with E-state index in [4.69, 9.17) is 11.6 Å². The zero-order chi connectivity index (χ0) is 12.6. The number of hydrogen-bond donors (Lipinski definition) is 0. The zero-order valence-corrected chi connectivity index (χ0v) is 12.1. The molecule has 0 aliphatic rings. The molecule has 0 bridgehead atoms. The van der Waals surface area contributed by atoms with Crippen LogP contribution in [0.15, 0.2) is 11.1 Å². The molecule has 2 heterocycles. The molecule has 2 rings (SSSR count). The van der Waals surface area contributed by atoms with E-state index in [0.717, 1.165) is 5.82 Å². The summed E-state index contributed by atoms with van der Waals surface area (Å²) in [6.07, 6.45) is 1.41. The van der Waals surface area contributed by atoms with E-state index >= 15 is 0 Å². The van der Waals surface area contributed by atoms with E-state index in [1.54, 1.807) is 0 Å². The van der Waals surface area contributed by atoms with Crippen molar-refractivity contribution in [2.24, 2.45) is 7.05 Å². The van der Waals surface area contributed by atoms with Gasteiger partial charge in [0, 0.05) is 7.05 Å². The summed E-state index contributed by atoms with van der Waals surface area (Å²) in [6.45, 7) is 2.18. The molecule has 0 amide bonds. The first-order valence-electron chi connectivity index (χ1n) is 4.76. The Bertz CT molecular complexity index is 620. The van der Waals surface area contributed by atoms with Crippen molar-refractivity contribution in [3.8, 4) is 0 Å². The van der Waals surface area contributed by atoms with Crippen molar-refractivity contribution in [1.82, 2.24) is 24.3 Å². The molecule has 0 aromatic carbocycles. The number of aromatic nitrogens is 5. The summed E-state index contributed by atoms with van der Waals surface area (Å²) in [6, 6.07) is 0. The van der Waals surface area contributed by atoms with Crippen molar-refractivity contribution in [2.75, 3.05) is 0 Å². The van der Waals surface area contributed by atoms with Gasteiger partial charge in [-0.1, -0.05) is 11.6 Å². The maximum Gasteiger partial charge on any atom is 0.268 e. The highest BCUT2D eigenvalue weighted by Gasteiger charge is 2.10. The third-order valence-electron chi connectivity index (χ3n) is 2.43. The molecule has 0 atom stereocenters. The van der Waals surface area contributed by atoms with Gasteiger partial charge in [0.2, 0.25) is 0 Å². The van der Waals surface area contributed by atoms with Crippen LogP contribution in [0.4, 0.5) is 0 Å². The summed E-state index contributed by atoms with van der Waals surface area (Å²) in [7, 11) is 1.85. The lowest BCUT2D eigenvalue weighted by atomic mass is 10.5. The van der Waals surface area contributed by atoms with Crippen LogP contribution < -0.4 is 5.56 Å². The van der Waals surface area contributed by atoms with Crippen LogP contribution in [0.25, 0.3) is 0 Å². The fourth-order valence-electron chi connectivity index (χ4n) is 1.30. The van der Waals surface area contributed by atoms with Gasteiger partial charge in [-0.05, 0) is 29.5 Å². The first-order chi connectivity index (χ1) is 8.00. The summed E-state index contributed by atoms with van der Waals surface area (Å²) in [5, 5.41) is 8.15. The van der Waals surface area contributed by atoms with Crippen LogP contribution in [-0.2, 0) is 13.6 Å². The van der Waals surface area contributed by atoms with Crippen LogP contribution >= 0.6 is 34.2 Å². The number of nitrogens with zero attached hydrogens (tertiary/aromatic N) is 5. The van der Waals surface area contributed by atoms with Crippen LogP contribution in [0.5, 0.6) is 0 Å². The molecule has 17 heavy (non-hydrogen) atoms. The summed E-state index contributed by atoms with van der Waals surface area (Å²) < 4.78 is 3.69. The topological polar surface area (TPSA) is 65.6 Å². The average molecular weight is 366 g/mol. The van der Waals surface area contributed by atoms with Crippen LogP contribution in [-0.4, -0.2) is 24.3 Å². The SMILES string of the molecule is Cc1nnc(Cn2cnc(Cl)c(I)c2=O)n1C. The quantitative estimate of drug-likeness (QED) is 0.588. The maximum atomic E-state index is 11.9. The van der Waals surface area contributed by atoms with E-state index in [1.165, 1.54) is 10.9 Å². The molecule has 2 aromatic heterocycles. The molecule has 0 spiro atoms. The van der Waals surface area contributed by atoms with Crippen molar-refractivity contribution < 1.29 is 0 Å². The summed E-state index contributed by atoms with van der Waals surface area (Å²) in [4.78, 5) is 15.8. The standard InChI is InChI=1S/C9H9ClIN5O/c1-5-13-14-6(15(5)2)3-16-4-12-8(10)7(11)9(16)17/h4H,3H2,1-2H3. The van der Waals surface area contributed by atoms with E-state index < -0.39 is 0 Å². The predicted molar refractivity (Wildman–Crippen MR) is 71.1 cm³/mol. The minimum absolute atomic E-state index is 0.175. The van der Waals surface area contributed by atoms with Gasteiger partial charge in [0.15, 0.2) is 5.82 Å². The highest BCUT2D eigenvalue weighted by atomic mass is 127. The molecule has 90 valence electrons. The smallest absolute Gasteiger partial charge is 0.268 e. The Labute approximate surface area is 116 Å². The molecular weight excluding hydrogens is 356 g/mol. The molecule has 0 saturated carbocycles. The van der Waals surface area contributed by atoms with E-state index in [9.17, 15) is 4.79 Å². The number of hydrogen-bond acceptors (Lipinski definition) is 4. The highest BCUT2D eigenvalue weighted by molar-refractivity contribution is 14.1. The molecule has 0 radical (unpaired) electrons. The molecule has 0 fully saturated rings. The minimum Gasteiger partial charge on any atom is -0.317 e. The number of aryl methyl sites for hydroxylation is 1. The van der Waals surface area contributed by atoms with E-state index in [2.05, 4.69) is 15.2 Å². The Morgan fingerprint density at radius 3 is 2.76 bits per heavy atom. The lowest BCUT2D eigenvalue weighted by Crippen LogP contribution is -2.25. The second kappa shape index (κ2) is 4.73. The Kier molecular flexibility index (Phi) is 3.48. The van der Waals surface area contributed by atoms with Gasteiger partial charge in [0.25, 0.3) is 5.56 Å². The summed E-state index contributed by atoms with van der Waals surface area (Å²) in [5.41, 5.74) is -0.175. The van der Waals surface area contributed by atoms with Crippen molar-refractivity contribution >= 4 is 34.2 Å².